The maximum absolute atomic E-state index is 14.0. The van der Waals surface area contributed by atoms with Crippen LogP contribution in [0.4, 0.5) is 0 Å². The van der Waals surface area contributed by atoms with Crippen molar-refractivity contribution in [1.29, 1.82) is 0 Å². The summed E-state index contributed by atoms with van der Waals surface area (Å²) in [7, 11) is 1.48. The number of methoxy groups -OCH3 is 1. The first kappa shape index (κ1) is 32.8. The van der Waals surface area contributed by atoms with Crippen molar-refractivity contribution in [2.45, 2.75) is 94.2 Å². The zero-order valence-corrected chi connectivity index (χ0v) is 28.4. The van der Waals surface area contributed by atoms with E-state index in [1.165, 1.54) is 18.9 Å². The molecule has 238 valence electrons. The number of ether oxygens (including phenoxy) is 2. The molecular weight excluding hydrogens is 584 g/mol. The molecular formula is C37H44N2O5S. The van der Waals surface area contributed by atoms with E-state index in [4.69, 9.17) is 14.5 Å². The van der Waals surface area contributed by atoms with Gasteiger partial charge in [-0.05, 0) is 53.5 Å². The van der Waals surface area contributed by atoms with Crippen LogP contribution in [0.5, 0.6) is 5.75 Å². The van der Waals surface area contributed by atoms with Gasteiger partial charge in [-0.25, -0.2) is 9.79 Å². The zero-order chi connectivity index (χ0) is 32.9. The number of phenols is 1. The van der Waals surface area contributed by atoms with E-state index in [1.807, 2.05) is 86.6 Å². The molecule has 0 unspecified atom stereocenters. The van der Waals surface area contributed by atoms with Crippen molar-refractivity contribution in [3.63, 3.8) is 0 Å². The topological polar surface area (TPSA) is 88.4 Å². The smallest absolute Gasteiger partial charge is 0.331 e. The fourth-order valence-corrected chi connectivity index (χ4v) is 7.83. The van der Waals surface area contributed by atoms with Gasteiger partial charge in [0.15, 0.2) is 6.10 Å². The molecule has 0 bridgehead atoms. The molecule has 2 fully saturated rings. The first-order valence-electron chi connectivity index (χ1n) is 15.3. The fraction of sp³-hybridized carbons (Fsp3) is 0.432. The number of fused-ring (bicyclic) bond motifs is 1. The zero-order valence-electron chi connectivity index (χ0n) is 27.6. The number of aromatic hydroxyl groups is 1. The minimum atomic E-state index is -1.49. The van der Waals surface area contributed by atoms with E-state index in [1.54, 1.807) is 11.1 Å². The van der Waals surface area contributed by atoms with E-state index in [0.717, 1.165) is 27.8 Å². The lowest BCUT2D eigenvalue weighted by atomic mass is 9.78. The SMILES string of the molecule is CO[C@@]1(N=Cc2cc(C(C)(C)C)c(O)c(C(C)(C)C)c2)C(=O)N2[C@@H](C(=O)OC(c3ccccc3)c3ccccc3)C(C)(C)S[C@@H]21. The largest absolute Gasteiger partial charge is 0.507 e. The Morgan fingerprint density at radius 1 is 0.933 bits per heavy atom. The lowest BCUT2D eigenvalue weighted by molar-refractivity contribution is -0.193. The number of esters is 1. The number of carbonyl (C=O) groups excluding carboxylic acids is 2. The molecule has 3 aromatic rings. The molecule has 2 heterocycles. The summed E-state index contributed by atoms with van der Waals surface area (Å²) >= 11 is 1.49. The number of nitrogens with zero attached hydrogens (tertiary/aromatic N) is 2. The van der Waals surface area contributed by atoms with Crippen molar-refractivity contribution in [2.75, 3.05) is 7.11 Å². The van der Waals surface area contributed by atoms with Crippen LogP contribution in [-0.2, 0) is 29.9 Å². The standard InChI is InChI=1S/C37H44N2O5S/c1-34(2,3)26-20-23(21-27(28(26)40)35(4,5)6)22-38-37(43-9)32(42)39-30(36(7,8)45-33(37)39)31(41)44-29(24-16-12-10-13-17-24)25-18-14-11-15-19-25/h10-22,29-30,33,40H,1-9H3/t30-,33+,37-/m0/s1. The van der Waals surface area contributed by atoms with E-state index in [-0.39, 0.29) is 22.5 Å². The molecule has 0 saturated carbocycles. The molecule has 45 heavy (non-hydrogen) atoms. The Labute approximate surface area is 271 Å². The highest BCUT2D eigenvalue weighted by molar-refractivity contribution is 8.01. The minimum absolute atomic E-state index is 0.276. The van der Waals surface area contributed by atoms with Crippen molar-refractivity contribution < 1.29 is 24.2 Å². The molecule has 1 N–H and O–H groups in total. The van der Waals surface area contributed by atoms with E-state index in [0.29, 0.717) is 0 Å². The van der Waals surface area contributed by atoms with Crippen molar-refractivity contribution in [3.05, 3.63) is 101 Å². The highest BCUT2D eigenvalue weighted by atomic mass is 32.2. The van der Waals surface area contributed by atoms with Crippen LogP contribution in [0.3, 0.4) is 0 Å². The van der Waals surface area contributed by atoms with Gasteiger partial charge >= 0.3 is 5.97 Å². The summed E-state index contributed by atoms with van der Waals surface area (Å²) in [5.74, 6) is -0.579. The van der Waals surface area contributed by atoms with Gasteiger partial charge in [0.2, 0.25) is 0 Å². The molecule has 8 heteroatoms. The Kier molecular flexibility index (Phi) is 8.47. The molecule has 1 amide bonds. The Hall–Kier alpha value is -3.62. The molecule has 3 aromatic carbocycles. The van der Waals surface area contributed by atoms with Gasteiger partial charge in [0.25, 0.3) is 11.6 Å². The number of β-lactam (4-membered cyclic amide) rings is 1. The number of aliphatic imine (C=N–C) groups is 1. The molecule has 2 aliphatic heterocycles. The van der Waals surface area contributed by atoms with E-state index >= 15 is 0 Å². The summed E-state index contributed by atoms with van der Waals surface area (Å²) in [4.78, 5) is 34.3. The molecule has 0 radical (unpaired) electrons. The Morgan fingerprint density at radius 2 is 1.42 bits per heavy atom. The highest BCUT2D eigenvalue weighted by Crippen LogP contribution is 2.57. The Bertz CT molecular complexity index is 1530. The van der Waals surface area contributed by atoms with Gasteiger partial charge in [-0.15, -0.1) is 11.8 Å². The van der Waals surface area contributed by atoms with Gasteiger partial charge in [-0.3, -0.25) is 4.79 Å². The third-order valence-corrected chi connectivity index (χ3v) is 10.2. The number of thioether (sulfide) groups is 1. The summed E-state index contributed by atoms with van der Waals surface area (Å²) in [5, 5.41) is 10.6. The second-order valence-electron chi connectivity index (χ2n) is 14.5. The van der Waals surface area contributed by atoms with Crippen molar-refractivity contribution in [3.8, 4) is 5.75 Å². The molecule has 5 rings (SSSR count). The first-order valence-corrected chi connectivity index (χ1v) is 16.2. The number of amides is 1. The molecule has 2 saturated heterocycles. The number of hydrogen-bond donors (Lipinski definition) is 1. The van der Waals surface area contributed by atoms with Gasteiger partial charge in [-0.1, -0.05) is 102 Å². The molecule has 3 atom stereocenters. The van der Waals surface area contributed by atoms with Crippen LogP contribution in [0.1, 0.15) is 89.3 Å². The maximum Gasteiger partial charge on any atom is 0.331 e. The summed E-state index contributed by atoms with van der Waals surface area (Å²) in [6, 6.07) is 22.2. The number of rotatable bonds is 7. The molecule has 0 spiro atoms. The van der Waals surface area contributed by atoms with Gasteiger partial charge < -0.3 is 19.5 Å². The number of carbonyl (C=O) groups is 2. The van der Waals surface area contributed by atoms with Gasteiger partial charge in [0.05, 0.1) is 0 Å². The molecule has 2 aliphatic rings. The highest BCUT2D eigenvalue weighted by Gasteiger charge is 2.73. The number of phenolic OH excluding ortho intramolecular Hbond substituents is 1. The Morgan fingerprint density at radius 3 is 1.87 bits per heavy atom. The minimum Gasteiger partial charge on any atom is -0.507 e. The third-order valence-electron chi connectivity index (χ3n) is 8.61. The van der Waals surface area contributed by atoms with Crippen LogP contribution in [0.25, 0.3) is 0 Å². The predicted molar refractivity (Wildman–Crippen MR) is 180 cm³/mol. The first-order chi connectivity index (χ1) is 21.0. The third kappa shape index (κ3) is 5.90. The van der Waals surface area contributed by atoms with Crippen LogP contribution in [0, 0.1) is 0 Å². The van der Waals surface area contributed by atoms with E-state index in [2.05, 4.69) is 41.5 Å². The van der Waals surface area contributed by atoms with Crippen LogP contribution >= 0.6 is 11.8 Å². The lowest BCUT2D eigenvalue weighted by Gasteiger charge is -2.49. The predicted octanol–water partition coefficient (Wildman–Crippen LogP) is 7.14. The summed E-state index contributed by atoms with van der Waals surface area (Å²) < 4.78 is 11.4. The summed E-state index contributed by atoms with van der Waals surface area (Å²) in [6.07, 6.45) is 1.03. The summed E-state index contributed by atoms with van der Waals surface area (Å²) in [6.45, 7) is 16.2. The summed E-state index contributed by atoms with van der Waals surface area (Å²) in [5.41, 5.74) is 1.94. The van der Waals surface area contributed by atoms with Gasteiger partial charge in [0, 0.05) is 29.2 Å². The van der Waals surface area contributed by atoms with Crippen LogP contribution < -0.4 is 0 Å². The molecule has 0 aromatic heterocycles. The quantitative estimate of drug-likeness (QED) is 0.170. The van der Waals surface area contributed by atoms with Gasteiger partial charge in [-0.2, -0.15) is 0 Å². The number of hydrogen-bond acceptors (Lipinski definition) is 7. The molecule has 7 nitrogen and oxygen atoms in total. The molecule has 0 aliphatic carbocycles. The number of benzene rings is 3. The Balaban J connectivity index is 1.46. The van der Waals surface area contributed by atoms with Gasteiger partial charge in [0.1, 0.15) is 17.2 Å². The normalized spacial score (nSPS) is 22.9. The monoisotopic (exact) mass is 628 g/mol. The average Bonchev–Trinajstić information content (AvgIpc) is 3.25. The second kappa shape index (κ2) is 11.6. The maximum atomic E-state index is 14.0. The van der Waals surface area contributed by atoms with E-state index in [9.17, 15) is 14.7 Å². The fourth-order valence-electron chi connectivity index (χ4n) is 6.16. The van der Waals surface area contributed by atoms with Crippen molar-refractivity contribution in [2.24, 2.45) is 4.99 Å². The lowest BCUT2D eigenvalue weighted by Crippen LogP contribution is -2.73. The van der Waals surface area contributed by atoms with E-state index < -0.39 is 34.0 Å². The van der Waals surface area contributed by atoms with Crippen molar-refractivity contribution >= 4 is 29.9 Å². The second-order valence-corrected chi connectivity index (χ2v) is 16.2. The van der Waals surface area contributed by atoms with Crippen LogP contribution in [0.2, 0.25) is 0 Å². The average molecular weight is 629 g/mol. The van der Waals surface area contributed by atoms with Crippen molar-refractivity contribution in [1.82, 2.24) is 4.90 Å². The van der Waals surface area contributed by atoms with Crippen LogP contribution in [0.15, 0.2) is 77.8 Å². The van der Waals surface area contributed by atoms with Crippen LogP contribution in [-0.4, -0.2) is 57.1 Å².